The Morgan fingerprint density at radius 1 is 0.267 bits per heavy atom. The molecule has 0 fully saturated rings. The van der Waals surface area contributed by atoms with Gasteiger partial charge in [-0.1, -0.05) is 388 Å². The molecule has 0 saturated heterocycles. The first-order chi connectivity index (χ1) is 49.0. The molecule has 0 aromatic rings. The van der Waals surface area contributed by atoms with Crippen molar-refractivity contribution in [3.63, 3.8) is 0 Å². The molecule has 0 saturated carbocycles. The first kappa shape index (κ1) is 99.1. The second-order valence-corrected chi connectivity index (χ2v) is 32.9. The van der Waals surface area contributed by atoms with Crippen LogP contribution in [0.2, 0.25) is 0 Å². The van der Waals surface area contributed by atoms with Crippen molar-refractivity contribution in [2.45, 2.75) is 457 Å². The van der Waals surface area contributed by atoms with E-state index in [2.05, 4.69) is 34.6 Å². The van der Waals surface area contributed by atoms with Gasteiger partial charge in [0.2, 0.25) is 0 Å². The number of carbonyl (C=O) groups is 4. The Morgan fingerprint density at radius 2 is 0.455 bits per heavy atom. The summed E-state index contributed by atoms with van der Waals surface area (Å²) in [6.45, 7) is 7.32. The number of aliphatic hydroxyl groups is 1. The molecule has 0 heterocycles. The van der Waals surface area contributed by atoms with Crippen molar-refractivity contribution in [3.8, 4) is 0 Å². The number of phosphoric acid groups is 2. The molecular formula is C82H160O17P2. The van der Waals surface area contributed by atoms with E-state index in [4.69, 9.17) is 37.0 Å². The van der Waals surface area contributed by atoms with Crippen LogP contribution in [0.15, 0.2) is 0 Å². The molecule has 0 aliphatic rings. The summed E-state index contributed by atoms with van der Waals surface area (Å²) in [4.78, 5) is 73.0. The van der Waals surface area contributed by atoms with E-state index in [0.29, 0.717) is 25.7 Å². The zero-order chi connectivity index (χ0) is 74.1. The lowest BCUT2D eigenvalue weighted by atomic mass is 10.0. The van der Waals surface area contributed by atoms with Crippen LogP contribution in [0.1, 0.15) is 439 Å². The Hall–Kier alpha value is -1.94. The molecule has 2 unspecified atom stereocenters. The van der Waals surface area contributed by atoms with E-state index in [1.54, 1.807) is 0 Å². The van der Waals surface area contributed by atoms with E-state index in [9.17, 15) is 43.2 Å². The number of esters is 4. The number of hydrogen-bond donors (Lipinski definition) is 3. The summed E-state index contributed by atoms with van der Waals surface area (Å²) in [5, 5.41) is 10.6. The summed E-state index contributed by atoms with van der Waals surface area (Å²) in [5.74, 6) is -1.35. The predicted molar refractivity (Wildman–Crippen MR) is 414 cm³/mol. The summed E-state index contributed by atoms with van der Waals surface area (Å²) in [5.41, 5.74) is 0. The molecule has 19 heteroatoms. The lowest BCUT2D eigenvalue weighted by molar-refractivity contribution is -0.161. The van der Waals surface area contributed by atoms with E-state index in [1.807, 2.05) is 0 Å². The fraction of sp³-hybridized carbons (Fsp3) is 0.951. The van der Waals surface area contributed by atoms with Gasteiger partial charge in [-0.3, -0.25) is 37.3 Å². The number of carbonyl (C=O) groups excluding carboxylic acids is 4. The molecule has 101 heavy (non-hydrogen) atoms. The van der Waals surface area contributed by atoms with Crippen LogP contribution in [0, 0.1) is 5.92 Å². The van der Waals surface area contributed by atoms with E-state index < -0.39 is 97.5 Å². The number of hydrogen-bond acceptors (Lipinski definition) is 15. The SMILES string of the molecule is CCCCCCCCCCCCCCCCCCCCCCCCC(=O)O[C@H](COC(=O)CCCCCCCCCCCCCCCCC)COP(=O)(O)OC[C@@H](O)COP(=O)(O)OC[C@@H](COC(=O)CCCCCCCCCCCCC)OC(=O)CCCCCCCCCCCCC(C)C. The summed E-state index contributed by atoms with van der Waals surface area (Å²) in [7, 11) is -9.92. The van der Waals surface area contributed by atoms with Crippen LogP contribution in [0.3, 0.4) is 0 Å². The molecule has 0 spiro atoms. The third kappa shape index (κ3) is 76.1. The van der Waals surface area contributed by atoms with Gasteiger partial charge in [0, 0.05) is 25.7 Å². The predicted octanol–water partition coefficient (Wildman–Crippen LogP) is 24.8. The molecule has 0 amide bonds. The average Bonchev–Trinajstić information content (AvgIpc) is 2.37. The van der Waals surface area contributed by atoms with E-state index in [1.165, 1.54) is 263 Å². The summed E-state index contributed by atoms with van der Waals surface area (Å²) in [6.07, 6.45) is 66.6. The van der Waals surface area contributed by atoms with Gasteiger partial charge in [0.05, 0.1) is 26.4 Å². The lowest BCUT2D eigenvalue weighted by Gasteiger charge is -2.21. The third-order valence-corrected chi connectivity index (χ3v) is 21.2. The van der Waals surface area contributed by atoms with Crippen LogP contribution in [0.5, 0.6) is 0 Å². The molecule has 0 radical (unpaired) electrons. The van der Waals surface area contributed by atoms with Gasteiger partial charge in [-0.2, -0.15) is 0 Å². The maximum absolute atomic E-state index is 13.1. The summed E-state index contributed by atoms with van der Waals surface area (Å²) >= 11 is 0. The number of phosphoric ester groups is 2. The fourth-order valence-electron chi connectivity index (χ4n) is 12.8. The Bertz CT molecular complexity index is 1930. The maximum Gasteiger partial charge on any atom is 0.472 e. The number of ether oxygens (including phenoxy) is 4. The van der Waals surface area contributed by atoms with Gasteiger partial charge in [-0.25, -0.2) is 9.13 Å². The monoisotopic (exact) mass is 1480 g/mol. The molecule has 0 rings (SSSR count). The first-order valence-corrected chi connectivity index (χ1v) is 45.6. The topological polar surface area (TPSA) is 237 Å². The molecule has 0 aromatic carbocycles. The molecule has 0 aromatic heterocycles. The minimum Gasteiger partial charge on any atom is -0.462 e. The molecular weight excluding hydrogens is 1320 g/mol. The van der Waals surface area contributed by atoms with Crippen molar-refractivity contribution in [1.82, 2.24) is 0 Å². The summed E-state index contributed by atoms with van der Waals surface area (Å²) in [6, 6.07) is 0. The normalized spacial score (nSPS) is 13.8. The third-order valence-electron chi connectivity index (χ3n) is 19.3. The molecule has 0 aliphatic heterocycles. The highest BCUT2D eigenvalue weighted by molar-refractivity contribution is 7.47. The largest absolute Gasteiger partial charge is 0.472 e. The highest BCUT2D eigenvalue weighted by atomic mass is 31.2. The number of unbranched alkanes of at least 4 members (excludes halogenated alkanes) is 54. The van der Waals surface area contributed by atoms with Crippen molar-refractivity contribution < 1.29 is 80.2 Å². The van der Waals surface area contributed by atoms with Gasteiger partial charge >= 0.3 is 39.5 Å². The van der Waals surface area contributed by atoms with Crippen LogP contribution >= 0.6 is 15.6 Å². The molecule has 0 bridgehead atoms. The highest BCUT2D eigenvalue weighted by Gasteiger charge is 2.30. The smallest absolute Gasteiger partial charge is 0.462 e. The molecule has 17 nitrogen and oxygen atoms in total. The van der Waals surface area contributed by atoms with Gasteiger partial charge in [-0.05, 0) is 31.6 Å². The van der Waals surface area contributed by atoms with Gasteiger partial charge in [0.1, 0.15) is 19.3 Å². The van der Waals surface area contributed by atoms with Crippen LogP contribution in [0.4, 0.5) is 0 Å². The van der Waals surface area contributed by atoms with Gasteiger partial charge in [-0.15, -0.1) is 0 Å². The minimum absolute atomic E-state index is 0.107. The van der Waals surface area contributed by atoms with Gasteiger partial charge in [0.25, 0.3) is 0 Å². The van der Waals surface area contributed by atoms with Gasteiger partial charge < -0.3 is 33.8 Å². The van der Waals surface area contributed by atoms with Crippen LogP contribution in [0.25, 0.3) is 0 Å². The van der Waals surface area contributed by atoms with Crippen LogP contribution < -0.4 is 0 Å². The number of aliphatic hydroxyl groups excluding tert-OH is 1. The van der Waals surface area contributed by atoms with Crippen LogP contribution in [-0.4, -0.2) is 96.7 Å². The minimum atomic E-state index is -4.96. The van der Waals surface area contributed by atoms with Crippen molar-refractivity contribution >= 4 is 39.5 Å². The fourth-order valence-corrected chi connectivity index (χ4v) is 14.3. The molecule has 3 N–H and O–H groups in total. The van der Waals surface area contributed by atoms with Crippen molar-refractivity contribution in [2.75, 3.05) is 39.6 Å². The Kier molecular flexibility index (Phi) is 73.5. The Balaban J connectivity index is 5.21. The standard InChI is InChI=1S/C82H160O17P2/c1-6-9-12-15-18-21-24-26-28-29-30-31-32-33-34-36-38-41-47-52-57-62-67-81(86)98-77(72-93-80(85)66-61-56-51-46-40-37-35-27-25-22-19-16-13-10-7-2)73-96-100(88,89)94-69-76(83)70-95-101(90,91)97-74-78(71-92-79(84)65-60-55-50-45-39-23-20-17-14-11-8-3)99-82(87)68-63-58-53-48-43-42-44-49-54-59-64-75(4)5/h75-78,83H,6-74H2,1-5H3,(H,88,89)(H,90,91)/t76-,77-,78-/m1/s1. The molecule has 0 aliphatic carbocycles. The van der Waals surface area contributed by atoms with E-state index in [0.717, 1.165) is 95.8 Å². The summed E-state index contributed by atoms with van der Waals surface area (Å²) < 4.78 is 68.7. The second-order valence-electron chi connectivity index (χ2n) is 30.0. The van der Waals surface area contributed by atoms with Crippen molar-refractivity contribution in [2.24, 2.45) is 5.92 Å². The zero-order valence-corrected chi connectivity index (χ0v) is 67.8. The molecule has 600 valence electrons. The number of rotatable bonds is 82. The average molecular weight is 1480 g/mol. The second kappa shape index (κ2) is 74.9. The quantitative estimate of drug-likeness (QED) is 0.0222. The Labute approximate surface area is 619 Å². The molecule has 5 atom stereocenters. The van der Waals surface area contributed by atoms with E-state index >= 15 is 0 Å². The van der Waals surface area contributed by atoms with Crippen molar-refractivity contribution in [1.29, 1.82) is 0 Å². The lowest BCUT2D eigenvalue weighted by Crippen LogP contribution is -2.30. The maximum atomic E-state index is 13.1. The zero-order valence-electron chi connectivity index (χ0n) is 66.1. The van der Waals surface area contributed by atoms with Gasteiger partial charge in [0.15, 0.2) is 12.2 Å². The first-order valence-electron chi connectivity index (χ1n) is 42.6. The van der Waals surface area contributed by atoms with E-state index in [-0.39, 0.29) is 25.7 Å². The highest BCUT2D eigenvalue weighted by Crippen LogP contribution is 2.45. The Morgan fingerprint density at radius 3 is 0.673 bits per heavy atom. The van der Waals surface area contributed by atoms with Crippen LogP contribution in [-0.2, 0) is 65.4 Å². The van der Waals surface area contributed by atoms with Crippen molar-refractivity contribution in [3.05, 3.63) is 0 Å².